The van der Waals surface area contributed by atoms with E-state index < -0.39 is 6.10 Å². The zero-order valence-corrected chi connectivity index (χ0v) is 12.4. The van der Waals surface area contributed by atoms with Gasteiger partial charge in [-0.05, 0) is 33.9 Å². The number of hydrogen-bond acceptors (Lipinski definition) is 5. The van der Waals surface area contributed by atoms with Gasteiger partial charge in [0.2, 0.25) is 0 Å². The van der Waals surface area contributed by atoms with Gasteiger partial charge in [-0.25, -0.2) is 0 Å². The Morgan fingerprint density at radius 3 is 2.58 bits per heavy atom. The third-order valence-corrected chi connectivity index (χ3v) is 4.02. The molecular weight excluding hydrogens is 244 g/mol. The monoisotopic (exact) mass is 272 g/mol. The highest BCUT2D eigenvalue weighted by atomic mass is 16.5. The van der Waals surface area contributed by atoms with Crippen molar-refractivity contribution in [2.75, 3.05) is 33.8 Å². The maximum Gasteiger partial charge on any atom is 0.308 e. The molecule has 19 heavy (non-hydrogen) atoms. The first-order valence-corrected chi connectivity index (χ1v) is 7.22. The largest absolute Gasteiger partial charge is 0.466 e. The number of rotatable bonds is 8. The lowest BCUT2D eigenvalue weighted by Crippen LogP contribution is -2.50. The number of likely N-dealkylation sites (N-methyl/N-ethyl adjacent to an activating group) is 1. The predicted octanol–water partition coefficient (Wildman–Crippen LogP) is 0.765. The molecule has 0 bridgehead atoms. The first-order valence-electron chi connectivity index (χ1n) is 7.22. The lowest BCUT2D eigenvalue weighted by atomic mass is 9.96. The molecule has 112 valence electrons. The van der Waals surface area contributed by atoms with E-state index in [0.29, 0.717) is 13.2 Å². The Morgan fingerprint density at radius 1 is 1.42 bits per heavy atom. The van der Waals surface area contributed by atoms with Gasteiger partial charge in [-0.15, -0.1) is 0 Å². The minimum atomic E-state index is -0.667. The van der Waals surface area contributed by atoms with Crippen LogP contribution in [0.4, 0.5) is 0 Å². The molecule has 0 amide bonds. The summed E-state index contributed by atoms with van der Waals surface area (Å²) in [5.74, 6) is -0.333. The first kappa shape index (κ1) is 16.4. The van der Waals surface area contributed by atoms with Gasteiger partial charge < -0.3 is 20.1 Å². The lowest BCUT2D eigenvalue weighted by molar-refractivity contribution is -0.145. The summed E-state index contributed by atoms with van der Waals surface area (Å²) in [7, 11) is 4.23. The summed E-state index contributed by atoms with van der Waals surface area (Å²) in [5.41, 5.74) is 0.212. The van der Waals surface area contributed by atoms with Crippen LogP contribution < -0.4 is 5.32 Å². The maximum atomic E-state index is 11.2. The van der Waals surface area contributed by atoms with Crippen molar-refractivity contribution in [3.8, 4) is 0 Å². The third kappa shape index (κ3) is 5.09. The van der Waals surface area contributed by atoms with Gasteiger partial charge in [-0.2, -0.15) is 0 Å². The van der Waals surface area contributed by atoms with E-state index in [1.807, 2.05) is 0 Å². The van der Waals surface area contributed by atoms with Gasteiger partial charge in [-0.1, -0.05) is 12.8 Å². The van der Waals surface area contributed by atoms with Crippen LogP contribution in [-0.4, -0.2) is 61.4 Å². The van der Waals surface area contributed by atoms with E-state index in [2.05, 4.69) is 24.3 Å². The Kier molecular flexibility index (Phi) is 6.75. The molecule has 1 atom stereocenters. The molecule has 1 fully saturated rings. The number of aliphatic hydroxyl groups is 1. The number of carbonyl (C=O) groups excluding carboxylic acids is 1. The second kappa shape index (κ2) is 7.82. The quantitative estimate of drug-likeness (QED) is 0.639. The van der Waals surface area contributed by atoms with E-state index >= 15 is 0 Å². The van der Waals surface area contributed by atoms with E-state index in [0.717, 1.165) is 6.54 Å². The van der Waals surface area contributed by atoms with E-state index in [9.17, 15) is 9.90 Å². The molecule has 0 heterocycles. The molecule has 5 heteroatoms. The number of aliphatic hydroxyl groups excluding tert-OH is 1. The molecule has 0 aliphatic heterocycles. The van der Waals surface area contributed by atoms with Crippen molar-refractivity contribution >= 4 is 5.97 Å². The summed E-state index contributed by atoms with van der Waals surface area (Å²) in [6, 6.07) is 0. The van der Waals surface area contributed by atoms with Crippen molar-refractivity contribution in [2.24, 2.45) is 0 Å². The second-order valence-corrected chi connectivity index (χ2v) is 5.62. The molecule has 0 aromatic rings. The van der Waals surface area contributed by atoms with Crippen molar-refractivity contribution < 1.29 is 14.6 Å². The number of carbonyl (C=O) groups is 1. The molecule has 0 aromatic carbocycles. The normalized spacial score (nSPS) is 19.6. The zero-order valence-electron chi connectivity index (χ0n) is 12.4. The minimum absolute atomic E-state index is 0.0653. The molecule has 1 aliphatic rings. The molecule has 1 saturated carbocycles. The lowest BCUT2D eigenvalue weighted by Gasteiger charge is -2.36. The van der Waals surface area contributed by atoms with E-state index in [1.54, 1.807) is 6.92 Å². The summed E-state index contributed by atoms with van der Waals surface area (Å²) in [5, 5.41) is 13.1. The molecule has 1 unspecified atom stereocenters. The van der Waals surface area contributed by atoms with Gasteiger partial charge in [0.05, 0.1) is 19.1 Å². The number of esters is 1. The standard InChI is InChI=1S/C14H28N2O3/c1-4-19-13(18)9-12(17)10-15-11-14(16(2)3)7-5-6-8-14/h12,15,17H,4-11H2,1-3H3. The zero-order chi connectivity index (χ0) is 14.3. The van der Waals surface area contributed by atoms with Crippen molar-refractivity contribution in [1.82, 2.24) is 10.2 Å². The molecule has 2 N–H and O–H groups in total. The van der Waals surface area contributed by atoms with Crippen LogP contribution in [0.3, 0.4) is 0 Å². The van der Waals surface area contributed by atoms with Gasteiger partial charge in [0.25, 0.3) is 0 Å². The predicted molar refractivity (Wildman–Crippen MR) is 75.0 cm³/mol. The minimum Gasteiger partial charge on any atom is -0.466 e. The van der Waals surface area contributed by atoms with Crippen LogP contribution in [0.2, 0.25) is 0 Å². The van der Waals surface area contributed by atoms with Gasteiger partial charge in [0.15, 0.2) is 0 Å². The average molecular weight is 272 g/mol. The molecule has 0 aromatic heterocycles. The topological polar surface area (TPSA) is 61.8 Å². The number of hydrogen-bond donors (Lipinski definition) is 2. The summed E-state index contributed by atoms with van der Waals surface area (Å²) in [4.78, 5) is 13.5. The third-order valence-electron chi connectivity index (χ3n) is 4.02. The molecule has 1 aliphatic carbocycles. The second-order valence-electron chi connectivity index (χ2n) is 5.62. The molecule has 1 rings (SSSR count). The van der Waals surface area contributed by atoms with Crippen LogP contribution in [0, 0.1) is 0 Å². The Hall–Kier alpha value is -0.650. The van der Waals surface area contributed by atoms with Crippen LogP contribution >= 0.6 is 0 Å². The van der Waals surface area contributed by atoms with Crippen molar-refractivity contribution in [3.63, 3.8) is 0 Å². The molecule has 0 spiro atoms. The molecule has 0 radical (unpaired) electrons. The summed E-state index contributed by atoms with van der Waals surface area (Å²) in [6.07, 6.45) is 4.33. The Morgan fingerprint density at radius 2 is 2.05 bits per heavy atom. The Balaban J connectivity index is 2.26. The Labute approximate surface area is 116 Å². The fourth-order valence-electron chi connectivity index (χ4n) is 2.77. The van der Waals surface area contributed by atoms with Crippen LogP contribution in [0.1, 0.15) is 39.0 Å². The van der Waals surface area contributed by atoms with Gasteiger partial charge >= 0.3 is 5.97 Å². The van der Waals surface area contributed by atoms with Gasteiger partial charge in [-0.3, -0.25) is 4.79 Å². The smallest absolute Gasteiger partial charge is 0.308 e. The van der Waals surface area contributed by atoms with Crippen molar-refractivity contribution in [1.29, 1.82) is 0 Å². The summed E-state index contributed by atoms with van der Waals surface area (Å²) >= 11 is 0. The van der Waals surface area contributed by atoms with E-state index in [1.165, 1.54) is 25.7 Å². The van der Waals surface area contributed by atoms with Crippen LogP contribution in [-0.2, 0) is 9.53 Å². The van der Waals surface area contributed by atoms with Crippen molar-refractivity contribution in [2.45, 2.75) is 50.7 Å². The van der Waals surface area contributed by atoms with E-state index in [4.69, 9.17) is 4.74 Å². The fourth-order valence-corrected chi connectivity index (χ4v) is 2.77. The molecule has 0 saturated heterocycles. The number of nitrogens with zero attached hydrogens (tertiary/aromatic N) is 1. The van der Waals surface area contributed by atoms with Gasteiger partial charge in [0.1, 0.15) is 0 Å². The maximum absolute atomic E-state index is 11.2. The molecule has 5 nitrogen and oxygen atoms in total. The molecular formula is C14H28N2O3. The van der Waals surface area contributed by atoms with Crippen LogP contribution in [0.25, 0.3) is 0 Å². The van der Waals surface area contributed by atoms with Crippen LogP contribution in [0.5, 0.6) is 0 Å². The number of nitrogens with one attached hydrogen (secondary N) is 1. The van der Waals surface area contributed by atoms with Crippen molar-refractivity contribution in [3.05, 3.63) is 0 Å². The SMILES string of the molecule is CCOC(=O)CC(O)CNCC1(N(C)C)CCCC1. The Bertz CT molecular complexity index is 276. The first-order chi connectivity index (χ1) is 9.00. The summed E-state index contributed by atoms with van der Waals surface area (Å²) in [6.45, 7) is 3.43. The number of ether oxygens (including phenoxy) is 1. The highest BCUT2D eigenvalue weighted by molar-refractivity contribution is 5.69. The van der Waals surface area contributed by atoms with E-state index in [-0.39, 0.29) is 17.9 Å². The highest BCUT2D eigenvalue weighted by Gasteiger charge is 2.35. The highest BCUT2D eigenvalue weighted by Crippen LogP contribution is 2.32. The fraction of sp³-hybridized carbons (Fsp3) is 0.929. The van der Waals surface area contributed by atoms with Gasteiger partial charge in [0, 0.05) is 18.6 Å². The average Bonchev–Trinajstić information content (AvgIpc) is 2.79. The summed E-state index contributed by atoms with van der Waals surface area (Å²) < 4.78 is 4.82. The van der Waals surface area contributed by atoms with Crippen LogP contribution in [0.15, 0.2) is 0 Å².